The van der Waals surface area contributed by atoms with Gasteiger partial charge in [-0.05, 0) is 35.7 Å². The molecule has 3 aromatic rings. The number of anilines is 1. The maximum atomic E-state index is 12.8. The van der Waals surface area contributed by atoms with Gasteiger partial charge in [-0.15, -0.1) is 22.7 Å². The Kier molecular flexibility index (Phi) is 3.84. The monoisotopic (exact) mass is 345 g/mol. The third kappa shape index (κ3) is 2.54. The van der Waals surface area contributed by atoms with Crippen molar-refractivity contribution < 1.29 is 9.90 Å². The summed E-state index contributed by atoms with van der Waals surface area (Å²) in [6.45, 7) is 0.896. The molecule has 0 amide bonds. The van der Waals surface area contributed by atoms with Crippen molar-refractivity contribution in [3.63, 3.8) is 0 Å². The number of aliphatic hydroxyl groups excluding tert-OH is 1. The lowest BCUT2D eigenvalue weighted by molar-refractivity contribution is 0.103. The standard InChI is InChI=1S/C16H15N3O2S2/c20-9-10-3-1-6-19(10)16-17-11-5-8-23-15(11)13(18-16)14(21)12-4-2-7-22-12/h2,4-5,7-8,10,20H,1,3,6,9H2/t10-/m0/s1. The second-order valence-corrected chi connectivity index (χ2v) is 7.35. The summed E-state index contributed by atoms with van der Waals surface area (Å²) in [5.74, 6) is 0.489. The van der Waals surface area contributed by atoms with E-state index >= 15 is 0 Å². The first-order valence-electron chi connectivity index (χ1n) is 7.49. The summed E-state index contributed by atoms with van der Waals surface area (Å²) in [5, 5.41) is 13.4. The predicted octanol–water partition coefficient (Wildman–Crippen LogP) is 2.94. The van der Waals surface area contributed by atoms with Crippen LogP contribution in [-0.4, -0.2) is 40.1 Å². The van der Waals surface area contributed by atoms with Gasteiger partial charge in [0.15, 0.2) is 0 Å². The Labute approximate surface area is 141 Å². The van der Waals surface area contributed by atoms with Crippen LogP contribution < -0.4 is 4.90 Å². The summed E-state index contributed by atoms with van der Waals surface area (Å²) in [4.78, 5) is 24.7. The summed E-state index contributed by atoms with van der Waals surface area (Å²) in [5.41, 5.74) is 1.26. The number of hydrogen-bond donors (Lipinski definition) is 1. The molecule has 3 aromatic heterocycles. The van der Waals surface area contributed by atoms with Gasteiger partial charge in [0, 0.05) is 6.54 Å². The molecule has 1 atom stereocenters. The largest absolute Gasteiger partial charge is 0.394 e. The lowest BCUT2D eigenvalue weighted by Gasteiger charge is -2.23. The van der Waals surface area contributed by atoms with Crippen molar-refractivity contribution in [2.24, 2.45) is 0 Å². The molecule has 0 spiro atoms. The Balaban J connectivity index is 1.83. The number of carbonyl (C=O) groups excluding carboxylic acids is 1. The molecule has 0 unspecified atom stereocenters. The zero-order valence-corrected chi connectivity index (χ0v) is 13.9. The van der Waals surface area contributed by atoms with Crippen LogP contribution >= 0.6 is 22.7 Å². The normalized spacial score (nSPS) is 18.0. The SMILES string of the molecule is O=C(c1cccs1)c1nc(N2CCC[C@H]2CO)nc2ccsc12. The van der Waals surface area contributed by atoms with Gasteiger partial charge >= 0.3 is 0 Å². The molecule has 118 valence electrons. The minimum absolute atomic E-state index is 0.0378. The van der Waals surface area contributed by atoms with E-state index in [0.29, 0.717) is 16.5 Å². The van der Waals surface area contributed by atoms with Crippen LogP contribution in [0, 0.1) is 0 Å². The highest BCUT2D eigenvalue weighted by atomic mass is 32.1. The Morgan fingerprint density at radius 2 is 2.22 bits per heavy atom. The first kappa shape index (κ1) is 14.7. The summed E-state index contributed by atoms with van der Waals surface area (Å²) < 4.78 is 0.826. The smallest absolute Gasteiger partial charge is 0.226 e. The van der Waals surface area contributed by atoms with Crippen molar-refractivity contribution in [3.8, 4) is 0 Å². The summed E-state index contributed by atoms with van der Waals surface area (Å²) in [6, 6.07) is 5.64. The molecule has 4 heterocycles. The molecule has 1 aliphatic rings. The van der Waals surface area contributed by atoms with E-state index in [1.807, 2.05) is 33.9 Å². The molecule has 1 N–H and O–H groups in total. The van der Waals surface area contributed by atoms with Crippen molar-refractivity contribution in [2.75, 3.05) is 18.1 Å². The molecular formula is C16H15N3O2S2. The molecule has 5 nitrogen and oxygen atoms in total. The highest BCUT2D eigenvalue weighted by Gasteiger charge is 2.28. The zero-order valence-electron chi connectivity index (χ0n) is 12.3. The predicted molar refractivity (Wildman–Crippen MR) is 92.6 cm³/mol. The van der Waals surface area contributed by atoms with Gasteiger partial charge in [0.1, 0.15) is 5.69 Å². The van der Waals surface area contributed by atoms with Crippen LogP contribution in [0.5, 0.6) is 0 Å². The Bertz CT molecular complexity index is 844. The average Bonchev–Trinajstić information content (AvgIpc) is 3.33. The molecule has 23 heavy (non-hydrogen) atoms. The van der Waals surface area contributed by atoms with Gasteiger partial charge in [0.2, 0.25) is 11.7 Å². The highest BCUT2D eigenvalue weighted by Crippen LogP contribution is 2.30. The molecule has 0 radical (unpaired) electrons. The second-order valence-electron chi connectivity index (χ2n) is 5.49. The van der Waals surface area contributed by atoms with Gasteiger partial charge in [0.25, 0.3) is 0 Å². The van der Waals surface area contributed by atoms with Crippen LogP contribution in [0.25, 0.3) is 10.2 Å². The molecule has 1 aliphatic heterocycles. The average molecular weight is 345 g/mol. The first-order chi connectivity index (χ1) is 11.3. The molecular weight excluding hydrogens is 330 g/mol. The molecule has 0 saturated carbocycles. The van der Waals surface area contributed by atoms with E-state index in [-0.39, 0.29) is 18.4 Å². The Hall–Kier alpha value is -1.83. The Morgan fingerprint density at radius 1 is 1.30 bits per heavy atom. The molecule has 0 bridgehead atoms. The summed E-state index contributed by atoms with van der Waals surface area (Å²) in [6.07, 6.45) is 1.93. The number of aliphatic hydroxyl groups is 1. The van der Waals surface area contributed by atoms with Gasteiger partial charge in [-0.2, -0.15) is 0 Å². The van der Waals surface area contributed by atoms with E-state index in [2.05, 4.69) is 9.97 Å². The molecule has 4 rings (SSSR count). The van der Waals surface area contributed by atoms with Crippen LogP contribution in [0.2, 0.25) is 0 Å². The Morgan fingerprint density at radius 3 is 3.00 bits per heavy atom. The minimum Gasteiger partial charge on any atom is -0.394 e. The van der Waals surface area contributed by atoms with Crippen molar-refractivity contribution in [1.29, 1.82) is 0 Å². The van der Waals surface area contributed by atoms with Crippen LogP contribution in [0.3, 0.4) is 0 Å². The third-order valence-electron chi connectivity index (χ3n) is 4.10. The van der Waals surface area contributed by atoms with Crippen molar-refractivity contribution in [1.82, 2.24) is 9.97 Å². The van der Waals surface area contributed by atoms with Crippen LogP contribution in [0.15, 0.2) is 29.0 Å². The number of ketones is 1. The van der Waals surface area contributed by atoms with Gasteiger partial charge in [-0.1, -0.05) is 6.07 Å². The van der Waals surface area contributed by atoms with E-state index in [1.165, 1.54) is 22.7 Å². The van der Waals surface area contributed by atoms with E-state index in [1.54, 1.807) is 0 Å². The fraction of sp³-hybridized carbons (Fsp3) is 0.312. The zero-order chi connectivity index (χ0) is 15.8. The number of rotatable bonds is 4. The minimum atomic E-state index is -0.0594. The number of nitrogens with zero attached hydrogens (tertiary/aromatic N) is 3. The number of aromatic nitrogens is 2. The quantitative estimate of drug-likeness (QED) is 0.737. The van der Waals surface area contributed by atoms with Crippen LogP contribution in [0.1, 0.15) is 28.2 Å². The maximum Gasteiger partial charge on any atom is 0.226 e. The molecule has 1 fully saturated rings. The number of carbonyl (C=O) groups is 1. The summed E-state index contributed by atoms with van der Waals surface area (Å²) >= 11 is 2.91. The first-order valence-corrected chi connectivity index (χ1v) is 9.25. The van der Waals surface area contributed by atoms with E-state index in [0.717, 1.165) is 29.6 Å². The van der Waals surface area contributed by atoms with Crippen molar-refractivity contribution in [3.05, 3.63) is 39.5 Å². The lowest BCUT2D eigenvalue weighted by Crippen LogP contribution is -2.33. The van der Waals surface area contributed by atoms with Gasteiger partial charge in [0.05, 0.1) is 27.7 Å². The number of fused-ring (bicyclic) bond motifs is 1. The van der Waals surface area contributed by atoms with Crippen molar-refractivity contribution >= 4 is 44.6 Å². The van der Waals surface area contributed by atoms with Gasteiger partial charge in [-0.3, -0.25) is 4.79 Å². The van der Waals surface area contributed by atoms with Gasteiger partial charge < -0.3 is 10.0 Å². The highest BCUT2D eigenvalue weighted by molar-refractivity contribution is 7.17. The van der Waals surface area contributed by atoms with Crippen molar-refractivity contribution in [2.45, 2.75) is 18.9 Å². The fourth-order valence-corrected chi connectivity index (χ4v) is 4.43. The maximum absolute atomic E-state index is 12.8. The number of hydrogen-bond acceptors (Lipinski definition) is 7. The molecule has 0 aliphatic carbocycles. The number of thiophene rings is 2. The fourth-order valence-electron chi connectivity index (χ4n) is 2.95. The van der Waals surface area contributed by atoms with Crippen LogP contribution in [0.4, 0.5) is 5.95 Å². The molecule has 0 aromatic carbocycles. The van der Waals surface area contributed by atoms with Crippen LogP contribution in [-0.2, 0) is 0 Å². The molecule has 7 heteroatoms. The van der Waals surface area contributed by atoms with E-state index in [4.69, 9.17) is 0 Å². The third-order valence-corrected chi connectivity index (χ3v) is 5.88. The van der Waals surface area contributed by atoms with E-state index < -0.39 is 0 Å². The second kappa shape index (κ2) is 5.99. The lowest BCUT2D eigenvalue weighted by atomic mass is 10.2. The van der Waals surface area contributed by atoms with E-state index in [9.17, 15) is 9.90 Å². The topological polar surface area (TPSA) is 66.3 Å². The summed E-state index contributed by atoms with van der Waals surface area (Å²) in [7, 11) is 0. The molecule has 1 saturated heterocycles. The van der Waals surface area contributed by atoms with Gasteiger partial charge in [-0.25, -0.2) is 9.97 Å².